The van der Waals surface area contributed by atoms with Gasteiger partial charge < -0.3 is 24.8 Å². The summed E-state index contributed by atoms with van der Waals surface area (Å²) >= 11 is 0. The molecule has 0 spiro atoms. The second-order valence-corrected chi connectivity index (χ2v) is 7.59. The van der Waals surface area contributed by atoms with E-state index >= 15 is 0 Å². The Morgan fingerprint density at radius 1 is 0.933 bits per heavy atom. The van der Waals surface area contributed by atoms with Gasteiger partial charge in [-0.15, -0.1) is 0 Å². The summed E-state index contributed by atoms with van der Waals surface area (Å²) in [6, 6.07) is 17.0. The molecular formula is C24H31N5O. The zero-order valence-corrected chi connectivity index (χ0v) is 17.9. The normalized spacial score (nSPS) is 16.9. The Morgan fingerprint density at radius 2 is 1.63 bits per heavy atom. The van der Waals surface area contributed by atoms with E-state index in [2.05, 4.69) is 73.6 Å². The number of benzene rings is 2. The molecule has 0 saturated carbocycles. The minimum atomic E-state index is 0.776. The highest BCUT2D eigenvalue weighted by molar-refractivity contribution is 5.80. The molecule has 0 unspecified atom stereocenters. The Labute approximate surface area is 179 Å². The summed E-state index contributed by atoms with van der Waals surface area (Å²) in [4.78, 5) is 11.6. The summed E-state index contributed by atoms with van der Waals surface area (Å²) in [7, 11) is 3.59. The summed E-state index contributed by atoms with van der Waals surface area (Å²) in [5, 5.41) is 3.53. The first kappa shape index (κ1) is 20.1. The van der Waals surface area contributed by atoms with E-state index in [1.54, 1.807) is 7.11 Å². The van der Waals surface area contributed by atoms with Crippen LogP contribution < -0.4 is 19.9 Å². The summed E-state index contributed by atoms with van der Waals surface area (Å²) < 4.78 is 5.52. The van der Waals surface area contributed by atoms with Crippen LogP contribution in [0.15, 0.2) is 65.7 Å². The van der Waals surface area contributed by atoms with Crippen LogP contribution in [0.25, 0.3) is 0 Å². The topological polar surface area (TPSA) is 43.3 Å². The van der Waals surface area contributed by atoms with Crippen molar-refractivity contribution < 1.29 is 4.74 Å². The lowest BCUT2D eigenvalue weighted by atomic mass is 10.2. The Morgan fingerprint density at radius 3 is 2.30 bits per heavy atom. The molecule has 1 saturated heterocycles. The van der Waals surface area contributed by atoms with Crippen LogP contribution in [0.4, 0.5) is 11.4 Å². The standard InChI is InChI=1S/C24H31N5O/c1-25-24(26-19-20-9-11-21(12-10-20)27-13-5-6-14-27)29-17-15-28(16-18-29)22-7-3-4-8-23(22)30-2/h3-12H,13-19H2,1-2H3,(H,25,26). The predicted molar refractivity (Wildman–Crippen MR) is 125 cm³/mol. The molecule has 0 bridgehead atoms. The van der Waals surface area contributed by atoms with Gasteiger partial charge in [-0.25, -0.2) is 0 Å². The van der Waals surface area contributed by atoms with Crippen LogP contribution in [0, 0.1) is 0 Å². The second kappa shape index (κ2) is 9.57. The molecule has 2 aliphatic heterocycles. The van der Waals surface area contributed by atoms with Crippen molar-refractivity contribution in [3.05, 3.63) is 66.2 Å². The maximum atomic E-state index is 5.52. The number of guanidine groups is 1. The smallest absolute Gasteiger partial charge is 0.194 e. The highest BCUT2D eigenvalue weighted by Crippen LogP contribution is 2.28. The molecule has 2 aliphatic rings. The molecule has 4 rings (SSSR count). The van der Waals surface area contributed by atoms with E-state index < -0.39 is 0 Å². The molecule has 2 aromatic rings. The zero-order valence-electron chi connectivity index (χ0n) is 17.9. The van der Waals surface area contributed by atoms with Gasteiger partial charge in [-0.05, 0) is 29.8 Å². The van der Waals surface area contributed by atoms with E-state index in [4.69, 9.17) is 4.74 Å². The van der Waals surface area contributed by atoms with Crippen LogP contribution >= 0.6 is 0 Å². The quantitative estimate of drug-likeness (QED) is 0.471. The number of anilines is 2. The van der Waals surface area contributed by atoms with Crippen LogP contribution in [0.3, 0.4) is 0 Å². The minimum absolute atomic E-state index is 0.776. The Bertz CT molecular complexity index is 877. The van der Waals surface area contributed by atoms with E-state index in [-0.39, 0.29) is 0 Å². The molecule has 158 valence electrons. The number of ether oxygens (including phenoxy) is 1. The van der Waals surface area contributed by atoms with Crippen LogP contribution in [0.1, 0.15) is 5.56 Å². The third-order valence-corrected chi connectivity index (χ3v) is 5.79. The van der Waals surface area contributed by atoms with E-state index in [9.17, 15) is 0 Å². The monoisotopic (exact) mass is 405 g/mol. The molecule has 1 N–H and O–H groups in total. The van der Waals surface area contributed by atoms with E-state index in [0.717, 1.165) is 63.2 Å². The number of aliphatic imine (C=N–C) groups is 1. The maximum absolute atomic E-state index is 5.52. The lowest BCUT2D eigenvalue weighted by Crippen LogP contribution is -2.52. The number of methoxy groups -OCH3 is 1. The lowest BCUT2D eigenvalue weighted by Gasteiger charge is -2.38. The summed E-state index contributed by atoms with van der Waals surface area (Å²) in [6.07, 6.45) is 4.43. The molecule has 0 radical (unpaired) electrons. The van der Waals surface area contributed by atoms with E-state index in [1.807, 2.05) is 19.2 Å². The molecule has 6 nitrogen and oxygen atoms in total. The van der Waals surface area contributed by atoms with Gasteiger partial charge in [0.25, 0.3) is 0 Å². The maximum Gasteiger partial charge on any atom is 0.194 e. The van der Waals surface area contributed by atoms with Gasteiger partial charge in [0, 0.05) is 58.5 Å². The van der Waals surface area contributed by atoms with Crippen molar-refractivity contribution in [1.29, 1.82) is 0 Å². The first-order valence-corrected chi connectivity index (χ1v) is 10.6. The zero-order chi connectivity index (χ0) is 20.8. The highest BCUT2D eigenvalue weighted by atomic mass is 16.5. The summed E-state index contributed by atoms with van der Waals surface area (Å²) in [5.41, 5.74) is 3.70. The van der Waals surface area contributed by atoms with Crippen molar-refractivity contribution in [3.63, 3.8) is 0 Å². The van der Waals surface area contributed by atoms with Gasteiger partial charge in [0.05, 0.1) is 12.8 Å². The predicted octanol–water partition coefficient (Wildman–Crippen LogP) is 2.97. The molecule has 1 fully saturated rings. The molecule has 30 heavy (non-hydrogen) atoms. The number of piperazine rings is 1. The summed E-state index contributed by atoms with van der Waals surface area (Å²) in [6.45, 7) is 6.53. The van der Waals surface area contributed by atoms with Gasteiger partial charge in [-0.1, -0.05) is 36.4 Å². The lowest BCUT2D eigenvalue weighted by molar-refractivity contribution is 0.367. The van der Waals surface area contributed by atoms with Crippen molar-refractivity contribution in [2.24, 2.45) is 4.99 Å². The number of nitrogens with zero attached hydrogens (tertiary/aromatic N) is 4. The molecule has 0 aromatic heterocycles. The van der Waals surface area contributed by atoms with Crippen LogP contribution in [-0.4, -0.2) is 64.3 Å². The number of rotatable bonds is 5. The Hall–Kier alpha value is -3.15. The third-order valence-electron chi connectivity index (χ3n) is 5.79. The first-order valence-electron chi connectivity index (χ1n) is 10.6. The van der Waals surface area contributed by atoms with E-state index in [0.29, 0.717) is 0 Å². The highest BCUT2D eigenvalue weighted by Gasteiger charge is 2.21. The van der Waals surface area contributed by atoms with Crippen LogP contribution in [0.2, 0.25) is 0 Å². The molecule has 2 aromatic carbocycles. The Kier molecular flexibility index (Phi) is 6.42. The minimum Gasteiger partial charge on any atom is -0.495 e. The molecular weight excluding hydrogens is 374 g/mol. The number of hydrogen-bond acceptors (Lipinski definition) is 4. The van der Waals surface area contributed by atoms with Gasteiger partial charge in [-0.3, -0.25) is 4.99 Å². The third kappa shape index (κ3) is 4.53. The van der Waals surface area contributed by atoms with Gasteiger partial charge in [0.2, 0.25) is 0 Å². The van der Waals surface area contributed by atoms with Crippen molar-refractivity contribution in [2.45, 2.75) is 6.54 Å². The fourth-order valence-corrected chi connectivity index (χ4v) is 4.08. The van der Waals surface area contributed by atoms with Crippen LogP contribution in [-0.2, 0) is 6.54 Å². The number of nitrogens with one attached hydrogen (secondary N) is 1. The molecule has 6 heteroatoms. The number of para-hydroxylation sites is 2. The first-order chi connectivity index (χ1) is 14.8. The largest absolute Gasteiger partial charge is 0.495 e. The fourth-order valence-electron chi connectivity index (χ4n) is 4.08. The fraction of sp³-hybridized carbons (Fsp3) is 0.375. The van der Waals surface area contributed by atoms with E-state index in [1.165, 1.54) is 11.3 Å². The second-order valence-electron chi connectivity index (χ2n) is 7.59. The Balaban J connectivity index is 1.30. The molecule has 0 aliphatic carbocycles. The SMILES string of the molecule is CN=C(NCc1ccc(N2CC=CC2)cc1)N1CCN(c2ccccc2OC)CC1. The van der Waals surface area contributed by atoms with Gasteiger partial charge >= 0.3 is 0 Å². The molecule has 0 atom stereocenters. The van der Waals surface area contributed by atoms with Gasteiger partial charge in [0.15, 0.2) is 5.96 Å². The molecule has 0 amide bonds. The van der Waals surface area contributed by atoms with Crippen molar-refractivity contribution in [3.8, 4) is 5.75 Å². The summed E-state index contributed by atoms with van der Waals surface area (Å²) in [5.74, 6) is 1.89. The average molecular weight is 406 g/mol. The molecule has 2 heterocycles. The van der Waals surface area contributed by atoms with Crippen LogP contribution in [0.5, 0.6) is 5.75 Å². The van der Waals surface area contributed by atoms with Gasteiger partial charge in [-0.2, -0.15) is 0 Å². The van der Waals surface area contributed by atoms with Crippen molar-refractivity contribution >= 4 is 17.3 Å². The van der Waals surface area contributed by atoms with Crippen molar-refractivity contribution in [1.82, 2.24) is 10.2 Å². The van der Waals surface area contributed by atoms with Gasteiger partial charge in [0.1, 0.15) is 5.75 Å². The average Bonchev–Trinajstić information content (AvgIpc) is 3.35. The van der Waals surface area contributed by atoms with Crippen molar-refractivity contribution in [2.75, 3.05) is 63.2 Å². The number of hydrogen-bond donors (Lipinski definition) is 1.